The molecule has 1 aromatic carbocycles. The highest BCUT2D eigenvalue weighted by molar-refractivity contribution is 7.99. The molecule has 5 rings (SSSR count). The van der Waals surface area contributed by atoms with Crippen LogP contribution in [0.1, 0.15) is 49.4 Å². The number of hydrogen-bond donors (Lipinski definition) is 1. The SMILES string of the molecule is CC(C)(C)c1cc(=O)[nH]c2nnc(SCC(=O)N3N=C(c4cccs4)C[C@H]3c3ccc(F)cc3)n12. The number of thiophene rings is 1. The lowest BCUT2D eigenvalue weighted by Gasteiger charge is -2.22. The summed E-state index contributed by atoms with van der Waals surface area (Å²) in [6.07, 6.45) is 0.547. The Morgan fingerprint density at radius 3 is 2.69 bits per heavy atom. The molecule has 0 bridgehead atoms. The number of carbonyl (C=O) groups excluding carboxylic acids is 1. The molecule has 1 N–H and O–H groups in total. The molecule has 1 aliphatic heterocycles. The van der Waals surface area contributed by atoms with Crippen molar-refractivity contribution in [2.24, 2.45) is 5.10 Å². The number of nitrogens with one attached hydrogen (secondary N) is 1. The molecule has 4 aromatic rings. The van der Waals surface area contributed by atoms with Crippen molar-refractivity contribution in [1.29, 1.82) is 0 Å². The average molecular weight is 511 g/mol. The van der Waals surface area contributed by atoms with Crippen LogP contribution >= 0.6 is 23.1 Å². The summed E-state index contributed by atoms with van der Waals surface area (Å²) in [6, 6.07) is 11.3. The first-order valence-electron chi connectivity index (χ1n) is 11.0. The first kappa shape index (κ1) is 23.4. The van der Waals surface area contributed by atoms with Crippen LogP contribution in [0.3, 0.4) is 0 Å². The van der Waals surface area contributed by atoms with Crippen molar-refractivity contribution in [2.75, 3.05) is 5.75 Å². The molecular formula is C24H23FN6O2S2. The summed E-state index contributed by atoms with van der Waals surface area (Å²) in [6.45, 7) is 6.00. The van der Waals surface area contributed by atoms with Crippen LogP contribution < -0.4 is 5.56 Å². The Bertz CT molecular complexity index is 1470. The summed E-state index contributed by atoms with van der Waals surface area (Å²) in [7, 11) is 0. The van der Waals surface area contributed by atoms with Crippen molar-refractivity contribution in [3.63, 3.8) is 0 Å². The van der Waals surface area contributed by atoms with E-state index in [1.807, 2.05) is 38.3 Å². The standard InChI is InChI=1S/C24H23FN6O2S2/c1-24(2,3)19-12-20(32)26-22-27-28-23(30(19)22)35-13-21(33)31-17(14-6-8-15(25)9-7-14)11-16(29-31)18-5-4-10-34-18/h4-10,12,17H,11,13H2,1-3H3,(H,26,27,32)/t17-/m0/s1. The number of hydrogen-bond acceptors (Lipinski definition) is 7. The molecule has 0 unspecified atom stereocenters. The minimum Gasteiger partial charge on any atom is -0.291 e. The van der Waals surface area contributed by atoms with Gasteiger partial charge in [0.2, 0.25) is 5.78 Å². The van der Waals surface area contributed by atoms with Crippen molar-refractivity contribution >= 4 is 40.5 Å². The topological polar surface area (TPSA) is 95.7 Å². The van der Waals surface area contributed by atoms with Gasteiger partial charge in [-0.3, -0.25) is 19.0 Å². The molecule has 0 saturated heterocycles. The van der Waals surface area contributed by atoms with Gasteiger partial charge in [-0.15, -0.1) is 21.5 Å². The Kier molecular flexibility index (Phi) is 6.06. The molecule has 1 atom stereocenters. The number of halogens is 1. The molecule has 8 nitrogen and oxygen atoms in total. The third-order valence-electron chi connectivity index (χ3n) is 5.70. The quantitative estimate of drug-likeness (QED) is 0.402. The molecule has 0 radical (unpaired) electrons. The Morgan fingerprint density at radius 1 is 1.23 bits per heavy atom. The summed E-state index contributed by atoms with van der Waals surface area (Å²) in [5, 5.41) is 16.9. The molecule has 35 heavy (non-hydrogen) atoms. The van der Waals surface area contributed by atoms with Gasteiger partial charge in [0.05, 0.1) is 22.4 Å². The van der Waals surface area contributed by atoms with E-state index in [1.165, 1.54) is 35.0 Å². The van der Waals surface area contributed by atoms with E-state index < -0.39 is 0 Å². The van der Waals surface area contributed by atoms with E-state index in [4.69, 9.17) is 0 Å². The maximum atomic E-state index is 13.5. The molecule has 1 amide bonds. The lowest BCUT2D eigenvalue weighted by atomic mass is 9.92. The number of fused-ring (bicyclic) bond motifs is 1. The number of nitrogens with zero attached hydrogens (tertiary/aromatic N) is 5. The average Bonchev–Trinajstić information content (AvgIpc) is 3.56. The summed E-state index contributed by atoms with van der Waals surface area (Å²) >= 11 is 2.80. The van der Waals surface area contributed by atoms with E-state index in [2.05, 4.69) is 20.3 Å². The number of hydrazone groups is 1. The van der Waals surface area contributed by atoms with Crippen LogP contribution in [0.15, 0.2) is 62.9 Å². The number of H-pyrrole nitrogens is 1. The van der Waals surface area contributed by atoms with Gasteiger partial charge in [0.15, 0.2) is 5.16 Å². The van der Waals surface area contributed by atoms with Crippen LogP contribution in [0.25, 0.3) is 5.78 Å². The van der Waals surface area contributed by atoms with Crippen molar-refractivity contribution in [3.05, 3.63) is 80.2 Å². The zero-order valence-electron chi connectivity index (χ0n) is 19.4. The van der Waals surface area contributed by atoms with Gasteiger partial charge in [-0.2, -0.15) is 5.10 Å². The van der Waals surface area contributed by atoms with Gasteiger partial charge < -0.3 is 0 Å². The highest BCUT2D eigenvalue weighted by atomic mass is 32.2. The molecule has 11 heteroatoms. The highest BCUT2D eigenvalue weighted by Gasteiger charge is 2.34. The number of thioether (sulfide) groups is 1. The largest absolute Gasteiger partial charge is 0.291 e. The van der Waals surface area contributed by atoms with Crippen molar-refractivity contribution < 1.29 is 9.18 Å². The van der Waals surface area contributed by atoms with Gasteiger partial charge in [0.1, 0.15) is 5.82 Å². The number of carbonyl (C=O) groups is 1. The Hall–Kier alpha value is -3.31. The van der Waals surface area contributed by atoms with Gasteiger partial charge in [0.25, 0.3) is 11.5 Å². The fraction of sp³-hybridized carbons (Fsp3) is 0.292. The van der Waals surface area contributed by atoms with Crippen molar-refractivity contribution in [1.82, 2.24) is 24.6 Å². The van der Waals surface area contributed by atoms with E-state index >= 15 is 0 Å². The van der Waals surface area contributed by atoms with E-state index in [0.717, 1.165) is 21.8 Å². The Labute approximate surface area is 208 Å². The van der Waals surface area contributed by atoms with Gasteiger partial charge in [0, 0.05) is 23.6 Å². The Balaban J connectivity index is 1.43. The monoisotopic (exact) mass is 510 g/mol. The van der Waals surface area contributed by atoms with E-state index in [-0.39, 0.29) is 34.5 Å². The Morgan fingerprint density at radius 2 is 2.00 bits per heavy atom. The zero-order valence-corrected chi connectivity index (χ0v) is 21.0. The van der Waals surface area contributed by atoms with E-state index in [9.17, 15) is 14.0 Å². The molecule has 4 heterocycles. The van der Waals surface area contributed by atoms with E-state index in [1.54, 1.807) is 27.9 Å². The van der Waals surface area contributed by atoms with Crippen molar-refractivity contribution in [3.8, 4) is 0 Å². The summed E-state index contributed by atoms with van der Waals surface area (Å²) < 4.78 is 15.3. The summed E-state index contributed by atoms with van der Waals surface area (Å²) in [5.41, 5.74) is 1.81. The molecule has 0 aliphatic carbocycles. The van der Waals surface area contributed by atoms with Crippen molar-refractivity contribution in [2.45, 2.75) is 43.8 Å². The molecule has 0 saturated carbocycles. The number of aromatic amines is 1. The predicted molar refractivity (Wildman–Crippen MR) is 134 cm³/mol. The second-order valence-corrected chi connectivity index (χ2v) is 11.1. The summed E-state index contributed by atoms with van der Waals surface area (Å²) in [4.78, 5) is 29.2. The number of amides is 1. The normalized spacial score (nSPS) is 16.2. The van der Waals surface area contributed by atoms with Crippen LogP contribution in [-0.2, 0) is 10.2 Å². The first-order chi connectivity index (χ1) is 16.7. The van der Waals surface area contributed by atoms with Crippen LogP contribution in [0.2, 0.25) is 0 Å². The maximum absolute atomic E-state index is 13.5. The van der Waals surface area contributed by atoms with Gasteiger partial charge in [-0.25, -0.2) is 9.40 Å². The van der Waals surface area contributed by atoms with E-state index in [0.29, 0.717) is 17.4 Å². The maximum Gasteiger partial charge on any atom is 0.253 e. The fourth-order valence-corrected chi connectivity index (χ4v) is 5.54. The first-order valence-corrected chi connectivity index (χ1v) is 12.9. The molecule has 180 valence electrons. The number of benzene rings is 1. The highest BCUT2D eigenvalue weighted by Crippen LogP contribution is 2.35. The second-order valence-electron chi connectivity index (χ2n) is 9.23. The molecule has 1 aliphatic rings. The summed E-state index contributed by atoms with van der Waals surface area (Å²) in [5.74, 6) is -0.122. The number of aromatic nitrogens is 4. The minimum absolute atomic E-state index is 0.0718. The number of rotatable bonds is 5. The van der Waals surface area contributed by atoms with Crippen LogP contribution in [0, 0.1) is 5.82 Å². The van der Waals surface area contributed by atoms with Crippen LogP contribution in [0.5, 0.6) is 0 Å². The minimum atomic E-state index is -0.337. The molecule has 0 spiro atoms. The van der Waals surface area contributed by atoms with Crippen LogP contribution in [0.4, 0.5) is 4.39 Å². The molecular weight excluding hydrogens is 487 g/mol. The van der Waals surface area contributed by atoms with Gasteiger partial charge >= 0.3 is 0 Å². The molecule has 0 fully saturated rings. The zero-order chi connectivity index (χ0) is 24.7. The lowest BCUT2D eigenvalue weighted by Crippen LogP contribution is -2.28. The third-order valence-corrected chi connectivity index (χ3v) is 7.53. The fourth-order valence-electron chi connectivity index (χ4n) is 4.02. The smallest absolute Gasteiger partial charge is 0.253 e. The predicted octanol–water partition coefficient (Wildman–Crippen LogP) is 4.39. The lowest BCUT2D eigenvalue weighted by molar-refractivity contribution is -0.130. The third kappa shape index (κ3) is 4.65. The van der Waals surface area contributed by atoms with Gasteiger partial charge in [-0.1, -0.05) is 50.7 Å². The van der Waals surface area contributed by atoms with Crippen LogP contribution in [-0.4, -0.2) is 42.0 Å². The second kappa shape index (κ2) is 9.04. The molecule has 3 aromatic heterocycles. The van der Waals surface area contributed by atoms with Gasteiger partial charge in [-0.05, 0) is 29.1 Å².